The maximum absolute atomic E-state index is 12.6. The molecule has 1 aliphatic heterocycles. The van der Waals surface area contributed by atoms with Gasteiger partial charge in [0.2, 0.25) is 0 Å². The highest BCUT2D eigenvalue weighted by Crippen LogP contribution is 2.22. The molecule has 2 heterocycles. The lowest BCUT2D eigenvalue weighted by atomic mass is 9.90. The van der Waals surface area contributed by atoms with Gasteiger partial charge < -0.3 is 15.2 Å². The predicted octanol–water partition coefficient (Wildman–Crippen LogP) is 0.845. The highest BCUT2D eigenvalue weighted by molar-refractivity contribution is 6.05. The molecular formula is C15H19N3O3. The first-order valence-corrected chi connectivity index (χ1v) is 7.08. The fraction of sp³-hybridized carbons (Fsp3) is 0.467. The molecule has 0 bridgehead atoms. The molecule has 1 fully saturated rings. The number of aromatic nitrogens is 2. The summed E-state index contributed by atoms with van der Waals surface area (Å²) >= 11 is 0. The molecule has 1 aromatic heterocycles. The molecule has 0 saturated carbocycles. The Kier molecular flexibility index (Phi) is 3.65. The highest BCUT2D eigenvalue weighted by Gasteiger charge is 2.34. The largest absolute Gasteiger partial charge is 0.394 e. The van der Waals surface area contributed by atoms with Gasteiger partial charge in [-0.3, -0.25) is 9.48 Å². The monoisotopic (exact) mass is 289 g/mol. The van der Waals surface area contributed by atoms with Gasteiger partial charge in [-0.05, 0) is 18.9 Å². The molecule has 0 aliphatic carbocycles. The van der Waals surface area contributed by atoms with Crippen LogP contribution in [0.15, 0.2) is 24.3 Å². The van der Waals surface area contributed by atoms with Crippen molar-refractivity contribution in [2.75, 3.05) is 19.8 Å². The molecule has 2 N–H and O–H groups in total. The fourth-order valence-electron chi connectivity index (χ4n) is 2.77. The van der Waals surface area contributed by atoms with E-state index in [9.17, 15) is 9.90 Å². The van der Waals surface area contributed by atoms with Gasteiger partial charge in [-0.2, -0.15) is 5.10 Å². The third-order valence-electron chi connectivity index (χ3n) is 4.10. The predicted molar refractivity (Wildman–Crippen MR) is 78.1 cm³/mol. The quantitative estimate of drug-likeness (QED) is 0.878. The van der Waals surface area contributed by atoms with E-state index in [0.717, 1.165) is 10.9 Å². The number of para-hydroxylation sites is 1. The Morgan fingerprint density at radius 1 is 1.43 bits per heavy atom. The minimum atomic E-state index is -0.603. The molecule has 1 aliphatic rings. The Labute approximate surface area is 122 Å². The minimum absolute atomic E-state index is 0.0904. The first-order chi connectivity index (χ1) is 10.2. The smallest absolute Gasteiger partial charge is 0.272 e. The number of rotatable bonds is 3. The minimum Gasteiger partial charge on any atom is -0.394 e. The molecule has 21 heavy (non-hydrogen) atoms. The number of carbonyl (C=O) groups excluding carboxylic acids is 1. The number of nitrogens with zero attached hydrogens (tertiary/aromatic N) is 2. The zero-order valence-electron chi connectivity index (χ0n) is 12.0. The topological polar surface area (TPSA) is 76.4 Å². The second-order valence-electron chi connectivity index (χ2n) is 5.49. The number of hydrogen-bond donors (Lipinski definition) is 2. The van der Waals surface area contributed by atoms with Crippen LogP contribution in [0.4, 0.5) is 0 Å². The zero-order valence-corrected chi connectivity index (χ0v) is 12.0. The first-order valence-electron chi connectivity index (χ1n) is 7.08. The second kappa shape index (κ2) is 5.46. The van der Waals surface area contributed by atoms with Crippen LogP contribution in [0.2, 0.25) is 0 Å². The SMILES string of the molecule is Cn1nc(C(=O)NC2(CO)CCOCC2)c2ccccc21. The zero-order chi connectivity index (χ0) is 14.9. The van der Waals surface area contributed by atoms with Gasteiger partial charge in [0.25, 0.3) is 5.91 Å². The van der Waals surface area contributed by atoms with Gasteiger partial charge in [-0.1, -0.05) is 18.2 Å². The van der Waals surface area contributed by atoms with Crippen molar-refractivity contribution < 1.29 is 14.6 Å². The molecule has 1 saturated heterocycles. The summed E-state index contributed by atoms with van der Waals surface area (Å²) in [5, 5.41) is 17.7. The van der Waals surface area contributed by atoms with E-state index >= 15 is 0 Å². The van der Waals surface area contributed by atoms with E-state index < -0.39 is 5.54 Å². The number of hydrogen-bond acceptors (Lipinski definition) is 4. The molecule has 112 valence electrons. The number of fused-ring (bicyclic) bond motifs is 1. The van der Waals surface area contributed by atoms with E-state index in [4.69, 9.17) is 4.74 Å². The lowest BCUT2D eigenvalue weighted by Crippen LogP contribution is -2.54. The van der Waals surface area contributed by atoms with Crippen molar-refractivity contribution in [2.24, 2.45) is 7.05 Å². The summed E-state index contributed by atoms with van der Waals surface area (Å²) in [4.78, 5) is 12.6. The molecule has 2 aromatic rings. The number of ether oxygens (including phenoxy) is 1. The van der Waals surface area contributed by atoms with Crippen LogP contribution in [0.5, 0.6) is 0 Å². The Bertz CT molecular complexity index is 659. The molecule has 0 atom stereocenters. The first kappa shape index (κ1) is 14.0. The lowest BCUT2D eigenvalue weighted by Gasteiger charge is -2.36. The Balaban J connectivity index is 1.90. The molecule has 0 radical (unpaired) electrons. The normalized spacial score (nSPS) is 17.8. The molecule has 1 amide bonds. The number of benzene rings is 1. The van der Waals surface area contributed by atoms with Crippen LogP contribution in [0.3, 0.4) is 0 Å². The number of aryl methyl sites for hydroxylation is 1. The Morgan fingerprint density at radius 2 is 2.14 bits per heavy atom. The van der Waals surface area contributed by atoms with Crippen molar-refractivity contribution in [3.8, 4) is 0 Å². The maximum Gasteiger partial charge on any atom is 0.272 e. The van der Waals surface area contributed by atoms with E-state index in [-0.39, 0.29) is 12.5 Å². The summed E-state index contributed by atoms with van der Waals surface area (Å²) in [7, 11) is 1.81. The summed E-state index contributed by atoms with van der Waals surface area (Å²) in [6.45, 7) is 1.00. The van der Waals surface area contributed by atoms with Crippen LogP contribution in [0, 0.1) is 0 Å². The standard InChI is InChI=1S/C15H19N3O3/c1-18-12-5-3-2-4-11(12)13(17-18)14(20)16-15(10-19)6-8-21-9-7-15/h2-5,19H,6-10H2,1H3,(H,16,20). The summed E-state index contributed by atoms with van der Waals surface area (Å²) in [5.41, 5.74) is 0.702. The van der Waals surface area contributed by atoms with Crippen molar-refractivity contribution >= 4 is 16.8 Å². The van der Waals surface area contributed by atoms with Gasteiger partial charge in [0, 0.05) is 25.6 Å². The maximum atomic E-state index is 12.6. The van der Waals surface area contributed by atoms with Gasteiger partial charge in [0.1, 0.15) is 0 Å². The fourth-order valence-corrected chi connectivity index (χ4v) is 2.77. The third-order valence-corrected chi connectivity index (χ3v) is 4.10. The number of amides is 1. The van der Waals surface area contributed by atoms with Crippen LogP contribution in [-0.4, -0.2) is 46.2 Å². The van der Waals surface area contributed by atoms with Crippen LogP contribution < -0.4 is 5.32 Å². The van der Waals surface area contributed by atoms with Crippen molar-refractivity contribution in [1.29, 1.82) is 0 Å². The molecule has 1 aromatic carbocycles. The summed E-state index contributed by atoms with van der Waals surface area (Å²) in [6, 6.07) is 7.61. The van der Waals surface area contributed by atoms with Crippen LogP contribution in [0.1, 0.15) is 23.3 Å². The molecule has 0 spiro atoms. The Morgan fingerprint density at radius 3 is 2.86 bits per heavy atom. The van der Waals surface area contributed by atoms with Gasteiger partial charge in [0.05, 0.1) is 17.7 Å². The lowest BCUT2D eigenvalue weighted by molar-refractivity contribution is 0.0124. The average Bonchev–Trinajstić information content (AvgIpc) is 2.86. The summed E-state index contributed by atoms with van der Waals surface area (Å²) < 4.78 is 7.00. The molecule has 0 unspecified atom stereocenters. The number of carbonyl (C=O) groups is 1. The van der Waals surface area contributed by atoms with E-state index in [2.05, 4.69) is 10.4 Å². The molecular weight excluding hydrogens is 270 g/mol. The summed E-state index contributed by atoms with van der Waals surface area (Å²) in [5.74, 6) is -0.247. The van der Waals surface area contributed by atoms with Crippen LogP contribution >= 0.6 is 0 Å². The van der Waals surface area contributed by atoms with Crippen LogP contribution in [-0.2, 0) is 11.8 Å². The second-order valence-corrected chi connectivity index (χ2v) is 5.49. The molecule has 3 rings (SSSR count). The number of aliphatic hydroxyl groups is 1. The van der Waals surface area contributed by atoms with Gasteiger partial charge in [-0.15, -0.1) is 0 Å². The Hall–Kier alpha value is -1.92. The van der Waals surface area contributed by atoms with Gasteiger partial charge in [0.15, 0.2) is 5.69 Å². The summed E-state index contributed by atoms with van der Waals surface area (Å²) in [6.07, 6.45) is 1.22. The van der Waals surface area contributed by atoms with E-state index in [1.807, 2.05) is 31.3 Å². The van der Waals surface area contributed by atoms with Crippen molar-refractivity contribution in [2.45, 2.75) is 18.4 Å². The van der Waals surface area contributed by atoms with Crippen LogP contribution in [0.25, 0.3) is 10.9 Å². The number of nitrogens with one attached hydrogen (secondary N) is 1. The van der Waals surface area contributed by atoms with Crippen molar-refractivity contribution in [3.05, 3.63) is 30.0 Å². The highest BCUT2D eigenvalue weighted by atomic mass is 16.5. The van der Waals surface area contributed by atoms with Crippen molar-refractivity contribution in [1.82, 2.24) is 15.1 Å². The third kappa shape index (κ3) is 2.52. The van der Waals surface area contributed by atoms with Gasteiger partial charge >= 0.3 is 0 Å². The van der Waals surface area contributed by atoms with E-state index in [1.165, 1.54) is 0 Å². The van der Waals surface area contributed by atoms with E-state index in [0.29, 0.717) is 31.7 Å². The molecule has 6 heteroatoms. The average molecular weight is 289 g/mol. The van der Waals surface area contributed by atoms with Gasteiger partial charge in [-0.25, -0.2) is 0 Å². The number of aliphatic hydroxyl groups excluding tert-OH is 1. The molecule has 6 nitrogen and oxygen atoms in total. The van der Waals surface area contributed by atoms with E-state index in [1.54, 1.807) is 4.68 Å². The van der Waals surface area contributed by atoms with Crippen molar-refractivity contribution in [3.63, 3.8) is 0 Å².